The number of alkyl halides is 3. The molecule has 0 atom stereocenters. The number of piperidine rings is 1. The number of aromatic nitrogens is 2. The van der Waals surface area contributed by atoms with E-state index in [4.69, 9.17) is 0 Å². The van der Waals surface area contributed by atoms with Gasteiger partial charge in [0.2, 0.25) is 11.9 Å². The van der Waals surface area contributed by atoms with Crippen LogP contribution in [0.2, 0.25) is 0 Å². The van der Waals surface area contributed by atoms with Crippen LogP contribution in [0, 0.1) is 6.92 Å². The molecular weight excluding hydrogens is 549 g/mol. The maximum absolute atomic E-state index is 12.4. The average molecular weight is 579 g/mol. The second-order valence-electron chi connectivity index (χ2n) is 9.45. The Morgan fingerprint density at radius 2 is 1.77 bits per heavy atom. The molecule has 1 aliphatic rings. The van der Waals surface area contributed by atoms with Crippen molar-refractivity contribution in [1.29, 1.82) is 0 Å². The van der Waals surface area contributed by atoms with Crippen molar-refractivity contribution < 1.29 is 31.1 Å². The van der Waals surface area contributed by atoms with Crippen LogP contribution >= 0.6 is 0 Å². The first-order chi connectivity index (χ1) is 18.8. The van der Waals surface area contributed by atoms with Crippen LogP contribution in [0.4, 0.5) is 24.8 Å². The lowest BCUT2D eigenvalue weighted by molar-refractivity contribution is -0.274. The maximum atomic E-state index is 12.4. The predicted octanol–water partition coefficient (Wildman–Crippen LogP) is 3.85. The van der Waals surface area contributed by atoms with Gasteiger partial charge in [-0.05, 0) is 61.7 Å². The Bertz CT molecular complexity index is 1500. The summed E-state index contributed by atoms with van der Waals surface area (Å²) in [7, 11) is -0.521. The monoisotopic (exact) mass is 578 g/mol. The van der Waals surface area contributed by atoms with Crippen molar-refractivity contribution in [1.82, 2.24) is 19.0 Å². The van der Waals surface area contributed by atoms with E-state index in [0.717, 1.165) is 15.4 Å². The van der Waals surface area contributed by atoms with Gasteiger partial charge in [-0.2, -0.15) is 17.4 Å². The van der Waals surface area contributed by atoms with Gasteiger partial charge in [0.05, 0.1) is 11.2 Å². The lowest BCUT2D eigenvalue weighted by Crippen LogP contribution is -2.48. The van der Waals surface area contributed by atoms with Gasteiger partial charge >= 0.3 is 6.36 Å². The molecule has 2 N–H and O–H groups in total. The summed E-state index contributed by atoms with van der Waals surface area (Å²) in [5, 5.41) is 3.52. The lowest BCUT2D eigenvalue weighted by Gasteiger charge is -2.33. The highest BCUT2D eigenvalue weighted by Gasteiger charge is 2.31. The van der Waals surface area contributed by atoms with Crippen LogP contribution in [0.3, 0.4) is 0 Å². The molecule has 214 valence electrons. The molecule has 2 heterocycles. The number of anilines is 2. The summed E-state index contributed by atoms with van der Waals surface area (Å²) in [4.78, 5) is 23.8. The molecule has 14 heteroatoms. The Hall–Kier alpha value is -3.75. The zero-order valence-corrected chi connectivity index (χ0v) is 22.9. The molecule has 0 saturated carbocycles. The third-order valence-corrected chi connectivity index (χ3v) is 7.85. The molecule has 1 amide bonds. The standard InChI is InChI=1S/C26H29F3N6O4S/c1-17-22-16-20(31-24(36)11-6-18-4-8-21(9-5-18)39-26(27,28)29)7-10-23(22)32-25(30-17)35-14-12-19(13-15-35)33-40(37,38)34(2)3/h4-11,16,19,33H,12-15H2,1-3H3,(H,31,36)/b11-6+. The summed E-state index contributed by atoms with van der Waals surface area (Å²) in [6.07, 6.45) is -0.771. The third-order valence-electron chi connectivity index (χ3n) is 6.26. The largest absolute Gasteiger partial charge is 0.573 e. The molecule has 2 aromatic carbocycles. The molecule has 1 fully saturated rings. The van der Waals surface area contributed by atoms with E-state index in [1.165, 1.54) is 50.5 Å². The molecule has 0 aliphatic carbocycles. The summed E-state index contributed by atoms with van der Waals surface area (Å²) in [5.41, 5.74) is 2.49. The number of carbonyl (C=O) groups excluding carboxylic acids is 1. The van der Waals surface area contributed by atoms with Gasteiger partial charge in [-0.25, -0.2) is 9.97 Å². The van der Waals surface area contributed by atoms with Gasteiger partial charge in [0.15, 0.2) is 0 Å². The number of benzene rings is 2. The first-order valence-corrected chi connectivity index (χ1v) is 13.8. The number of nitrogens with zero attached hydrogens (tertiary/aromatic N) is 4. The van der Waals surface area contributed by atoms with Gasteiger partial charge in [0.1, 0.15) is 5.75 Å². The Morgan fingerprint density at radius 3 is 2.40 bits per heavy atom. The normalized spacial score (nSPS) is 15.2. The Balaban J connectivity index is 1.37. The molecule has 0 radical (unpaired) electrons. The van der Waals surface area contributed by atoms with E-state index < -0.39 is 22.5 Å². The number of aryl methyl sites for hydroxylation is 1. The van der Waals surface area contributed by atoms with E-state index in [0.29, 0.717) is 48.6 Å². The fourth-order valence-electron chi connectivity index (χ4n) is 4.14. The predicted molar refractivity (Wildman–Crippen MR) is 146 cm³/mol. The van der Waals surface area contributed by atoms with Crippen LogP contribution in [-0.2, 0) is 15.0 Å². The van der Waals surface area contributed by atoms with Crippen LogP contribution in [-0.4, -0.2) is 68.2 Å². The number of halogens is 3. The summed E-state index contributed by atoms with van der Waals surface area (Å²) >= 11 is 0. The molecule has 1 saturated heterocycles. The quantitative estimate of drug-likeness (QED) is 0.390. The zero-order valence-electron chi connectivity index (χ0n) is 22.1. The molecule has 0 spiro atoms. The molecular formula is C26H29F3N6O4S. The van der Waals surface area contributed by atoms with Crippen LogP contribution in [0.25, 0.3) is 17.0 Å². The molecule has 1 aromatic heterocycles. The van der Waals surface area contributed by atoms with Crippen LogP contribution < -0.4 is 19.7 Å². The van der Waals surface area contributed by atoms with Crippen molar-refractivity contribution in [2.24, 2.45) is 0 Å². The average Bonchev–Trinajstić information content (AvgIpc) is 2.88. The molecule has 4 rings (SSSR count). The summed E-state index contributed by atoms with van der Waals surface area (Å²) in [6, 6.07) is 10.3. The zero-order chi connectivity index (χ0) is 29.1. The van der Waals surface area contributed by atoms with Crippen molar-refractivity contribution in [2.45, 2.75) is 32.2 Å². The second kappa shape index (κ2) is 11.8. The van der Waals surface area contributed by atoms with Crippen LogP contribution in [0.5, 0.6) is 5.75 Å². The SMILES string of the molecule is Cc1nc(N2CCC(NS(=O)(=O)N(C)C)CC2)nc2ccc(NC(=O)/C=C/c3ccc(OC(F)(F)F)cc3)cc12. The van der Waals surface area contributed by atoms with Gasteiger partial charge < -0.3 is 15.0 Å². The first-order valence-electron chi connectivity index (χ1n) is 12.4. The number of nitrogens with one attached hydrogen (secondary N) is 2. The summed E-state index contributed by atoms with van der Waals surface area (Å²) in [5.74, 6) is -0.203. The van der Waals surface area contributed by atoms with E-state index >= 15 is 0 Å². The maximum Gasteiger partial charge on any atom is 0.573 e. The lowest BCUT2D eigenvalue weighted by atomic mass is 10.1. The fraction of sp³-hybridized carbons (Fsp3) is 0.346. The smallest absolute Gasteiger partial charge is 0.406 e. The number of amides is 1. The van der Waals surface area contributed by atoms with E-state index in [1.54, 1.807) is 18.2 Å². The highest BCUT2D eigenvalue weighted by Crippen LogP contribution is 2.25. The fourth-order valence-corrected chi connectivity index (χ4v) is 5.00. The topological polar surface area (TPSA) is 117 Å². The van der Waals surface area contributed by atoms with Crippen molar-refractivity contribution in [2.75, 3.05) is 37.4 Å². The van der Waals surface area contributed by atoms with Gasteiger partial charge in [-0.15, -0.1) is 13.2 Å². The second-order valence-corrected chi connectivity index (χ2v) is 11.4. The molecule has 10 nitrogen and oxygen atoms in total. The first kappa shape index (κ1) is 29.2. The van der Waals surface area contributed by atoms with Crippen LogP contribution in [0.1, 0.15) is 24.1 Å². The molecule has 0 unspecified atom stereocenters. The van der Waals surface area contributed by atoms with Gasteiger partial charge in [0, 0.05) is 50.4 Å². The molecule has 40 heavy (non-hydrogen) atoms. The summed E-state index contributed by atoms with van der Waals surface area (Å²) < 4.78 is 68.8. The van der Waals surface area contributed by atoms with E-state index in [9.17, 15) is 26.4 Å². The van der Waals surface area contributed by atoms with Gasteiger partial charge in [-0.3, -0.25) is 4.79 Å². The van der Waals surface area contributed by atoms with E-state index in [-0.39, 0.29) is 11.8 Å². The minimum absolute atomic E-state index is 0.159. The van der Waals surface area contributed by atoms with Crippen molar-refractivity contribution >= 4 is 44.7 Å². The Kier molecular flexibility index (Phi) is 8.61. The number of hydrogen-bond donors (Lipinski definition) is 2. The number of ether oxygens (including phenoxy) is 1. The summed E-state index contributed by atoms with van der Waals surface area (Å²) in [6.45, 7) is 3.05. The highest BCUT2D eigenvalue weighted by molar-refractivity contribution is 7.87. The minimum Gasteiger partial charge on any atom is -0.406 e. The number of rotatable bonds is 8. The molecule has 0 bridgehead atoms. The van der Waals surface area contributed by atoms with E-state index in [1.807, 2.05) is 11.8 Å². The number of fused-ring (bicyclic) bond motifs is 1. The van der Waals surface area contributed by atoms with Crippen molar-refractivity contribution in [3.63, 3.8) is 0 Å². The van der Waals surface area contributed by atoms with Crippen molar-refractivity contribution in [3.05, 3.63) is 59.8 Å². The number of hydrogen-bond acceptors (Lipinski definition) is 7. The Morgan fingerprint density at radius 1 is 1.10 bits per heavy atom. The Labute approximate surface area is 230 Å². The van der Waals surface area contributed by atoms with Gasteiger partial charge in [0.25, 0.3) is 10.2 Å². The molecule has 1 aliphatic heterocycles. The third kappa shape index (κ3) is 7.67. The minimum atomic E-state index is -4.77. The van der Waals surface area contributed by atoms with Crippen molar-refractivity contribution in [3.8, 4) is 5.75 Å². The number of carbonyl (C=O) groups is 1. The molecule has 3 aromatic rings. The van der Waals surface area contributed by atoms with Gasteiger partial charge in [-0.1, -0.05) is 12.1 Å². The van der Waals surface area contributed by atoms with Crippen LogP contribution in [0.15, 0.2) is 48.5 Å². The van der Waals surface area contributed by atoms with E-state index in [2.05, 4.69) is 24.7 Å². The highest BCUT2D eigenvalue weighted by atomic mass is 32.2.